The molecule has 1 aliphatic heterocycles. The summed E-state index contributed by atoms with van der Waals surface area (Å²) in [7, 11) is 0. The van der Waals surface area contributed by atoms with E-state index >= 15 is 0 Å². The number of amides is 2. The summed E-state index contributed by atoms with van der Waals surface area (Å²) in [5.41, 5.74) is 5.37. The first-order valence-corrected chi connectivity index (χ1v) is 12.6. The molecule has 214 valence electrons. The predicted octanol–water partition coefficient (Wildman–Crippen LogP) is 3.18. The number of carbonyl (C=O) groups excluding carboxylic acids is 2. The first-order chi connectivity index (χ1) is 18.8. The highest BCUT2D eigenvalue weighted by molar-refractivity contribution is 5.89. The van der Waals surface area contributed by atoms with Gasteiger partial charge in [0.15, 0.2) is 5.82 Å². The Hall–Kier alpha value is -4.36. The monoisotopic (exact) mass is 558 g/mol. The fourth-order valence-electron chi connectivity index (χ4n) is 4.23. The summed E-state index contributed by atoms with van der Waals surface area (Å²) in [5.74, 6) is 0.0417. The third kappa shape index (κ3) is 6.10. The quantitative estimate of drug-likeness (QED) is 0.463. The zero-order chi connectivity index (χ0) is 29.2. The molecular weight excluding hydrogens is 526 g/mol. The third-order valence-corrected chi connectivity index (χ3v) is 6.49. The number of ether oxygens (including phenoxy) is 2. The number of anilines is 1. The molecule has 1 atom stereocenters. The summed E-state index contributed by atoms with van der Waals surface area (Å²) in [4.78, 5) is 28.4. The first kappa shape index (κ1) is 28.6. The van der Waals surface area contributed by atoms with E-state index in [9.17, 15) is 18.4 Å². The molecule has 1 saturated heterocycles. The molecule has 3 heterocycles. The highest BCUT2D eigenvalue weighted by atomic mass is 19.3. The van der Waals surface area contributed by atoms with Crippen LogP contribution in [0.3, 0.4) is 0 Å². The molecule has 2 N–H and O–H groups in total. The highest BCUT2D eigenvalue weighted by Crippen LogP contribution is 2.27. The second-order valence-corrected chi connectivity index (χ2v) is 10.6. The van der Waals surface area contributed by atoms with Crippen molar-refractivity contribution in [3.8, 4) is 11.6 Å². The Kier molecular flexibility index (Phi) is 7.89. The van der Waals surface area contributed by atoms with Crippen molar-refractivity contribution in [2.24, 2.45) is 5.73 Å². The molecule has 0 saturated carbocycles. The number of hydrogen-bond acceptors (Lipinski definition) is 9. The third-order valence-electron chi connectivity index (χ3n) is 6.49. The van der Waals surface area contributed by atoms with Gasteiger partial charge in [0.25, 0.3) is 6.43 Å². The minimum Gasteiger partial charge on any atom is -0.470 e. The van der Waals surface area contributed by atoms with Crippen LogP contribution in [0.25, 0.3) is 5.69 Å². The summed E-state index contributed by atoms with van der Waals surface area (Å²) >= 11 is 0. The van der Waals surface area contributed by atoms with Gasteiger partial charge in [-0.1, -0.05) is 17.3 Å². The van der Waals surface area contributed by atoms with E-state index in [4.69, 9.17) is 15.2 Å². The maximum Gasteiger partial charge on any atom is 0.411 e. The van der Waals surface area contributed by atoms with Crippen LogP contribution in [-0.4, -0.2) is 72.9 Å². The van der Waals surface area contributed by atoms with E-state index in [1.807, 2.05) is 4.90 Å². The van der Waals surface area contributed by atoms with Crippen molar-refractivity contribution in [1.29, 1.82) is 0 Å². The number of nitrogens with zero attached hydrogens (tertiary/aromatic N) is 7. The molecule has 0 aliphatic carbocycles. The van der Waals surface area contributed by atoms with Crippen molar-refractivity contribution in [3.63, 3.8) is 0 Å². The Morgan fingerprint density at radius 2 is 1.77 bits per heavy atom. The molecule has 1 aromatic carbocycles. The number of piperazine rings is 1. The minimum atomic E-state index is -2.56. The van der Waals surface area contributed by atoms with Crippen LogP contribution in [0, 0.1) is 6.92 Å². The largest absolute Gasteiger partial charge is 0.470 e. The average molecular weight is 559 g/mol. The van der Waals surface area contributed by atoms with Crippen LogP contribution in [0.4, 0.5) is 19.4 Å². The number of halogens is 2. The van der Waals surface area contributed by atoms with Crippen molar-refractivity contribution >= 4 is 17.8 Å². The van der Waals surface area contributed by atoms with Crippen LogP contribution in [-0.2, 0) is 16.1 Å². The molecule has 1 aliphatic rings. The molecule has 2 aromatic heterocycles. The van der Waals surface area contributed by atoms with E-state index < -0.39 is 29.6 Å². The summed E-state index contributed by atoms with van der Waals surface area (Å²) in [6.07, 6.45) is -3.17. The van der Waals surface area contributed by atoms with Gasteiger partial charge in [0.05, 0.1) is 17.9 Å². The highest BCUT2D eigenvalue weighted by Gasteiger charge is 2.47. The van der Waals surface area contributed by atoms with Gasteiger partial charge < -0.3 is 20.1 Å². The van der Waals surface area contributed by atoms with Crippen LogP contribution in [0.5, 0.6) is 5.88 Å². The number of carbonyl (C=O) groups is 2. The van der Waals surface area contributed by atoms with E-state index in [1.165, 1.54) is 33.8 Å². The lowest BCUT2D eigenvalue weighted by Crippen LogP contribution is -2.68. The van der Waals surface area contributed by atoms with Crippen molar-refractivity contribution in [2.75, 3.05) is 24.5 Å². The maximum atomic E-state index is 12.9. The summed E-state index contributed by atoms with van der Waals surface area (Å²) < 4.78 is 38.6. The summed E-state index contributed by atoms with van der Waals surface area (Å²) in [6.45, 7) is 9.34. The van der Waals surface area contributed by atoms with Crippen molar-refractivity contribution in [2.45, 2.75) is 58.8 Å². The molecule has 3 aromatic rings. The number of benzene rings is 1. The van der Waals surface area contributed by atoms with Gasteiger partial charge in [-0.2, -0.15) is 0 Å². The molecule has 2 amide bonds. The SMILES string of the molecule is Cc1nnn(-c2ccc(C(F)F)cc2)c1COc1ccc(N2CCN(C(=O)OC(C)(C)C)C(C)(C(N)=O)C2)nn1. The van der Waals surface area contributed by atoms with Gasteiger partial charge in [-0.15, -0.1) is 15.3 Å². The lowest BCUT2D eigenvalue weighted by atomic mass is 9.95. The molecular formula is C26H32F2N8O4. The second-order valence-electron chi connectivity index (χ2n) is 10.6. The van der Waals surface area contributed by atoms with E-state index in [0.29, 0.717) is 29.4 Å². The minimum absolute atomic E-state index is 0.0533. The number of aryl methyl sites for hydroxylation is 1. The van der Waals surface area contributed by atoms with Gasteiger partial charge in [0, 0.05) is 24.7 Å². The summed E-state index contributed by atoms with van der Waals surface area (Å²) in [5, 5.41) is 16.6. The van der Waals surface area contributed by atoms with Gasteiger partial charge in [-0.25, -0.2) is 18.3 Å². The van der Waals surface area contributed by atoms with E-state index in [2.05, 4.69) is 20.5 Å². The smallest absolute Gasteiger partial charge is 0.411 e. The van der Waals surface area contributed by atoms with Crippen LogP contribution in [0.2, 0.25) is 0 Å². The van der Waals surface area contributed by atoms with E-state index in [-0.39, 0.29) is 31.1 Å². The average Bonchev–Trinajstić information content (AvgIpc) is 3.26. The molecule has 14 heteroatoms. The molecule has 1 unspecified atom stereocenters. The Labute approximate surface area is 230 Å². The molecule has 12 nitrogen and oxygen atoms in total. The zero-order valence-corrected chi connectivity index (χ0v) is 23.0. The normalized spacial score (nSPS) is 17.7. The summed E-state index contributed by atoms with van der Waals surface area (Å²) in [6, 6.07) is 9.07. The molecule has 0 bridgehead atoms. The van der Waals surface area contributed by atoms with E-state index in [1.54, 1.807) is 46.8 Å². The lowest BCUT2D eigenvalue weighted by molar-refractivity contribution is -0.129. The Morgan fingerprint density at radius 1 is 1.07 bits per heavy atom. The van der Waals surface area contributed by atoms with Gasteiger partial charge in [0.2, 0.25) is 11.8 Å². The number of alkyl halides is 2. The zero-order valence-electron chi connectivity index (χ0n) is 23.0. The Morgan fingerprint density at radius 3 is 2.35 bits per heavy atom. The number of rotatable bonds is 7. The molecule has 0 radical (unpaired) electrons. The van der Waals surface area contributed by atoms with E-state index in [0.717, 1.165) is 0 Å². The predicted molar refractivity (Wildman–Crippen MR) is 140 cm³/mol. The molecule has 4 rings (SSSR count). The van der Waals surface area contributed by atoms with Gasteiger partial charge in [-0.05, 0) is 52.8 Å². The second kappa shape index (κ2) is 11.0. The number of primary amides is 1. The van der Waals surface area contributed by atoms with Gasteiger partial charge in [-0.3, -0.25) is 9.69 Å². The maximum absolute atomic E-state index is 12.9. The number of nitrogens with two attached hydrogens (primary N) is 1. The number of aromatic nitrogens is 5. The Bertz CT molecular complexity index is 1360. The standard InChI is InChI=1S/C26H32F2N8O4/c1-16-19(36(33-30-16)18-8-6-17(7-9-18)22(27)28)14-39-21-11-10-20(31-32-21)34-12-13-35(24(38)40-25(2,3)4)26(5,15-34)23(29)37/h6-11,22H,12-15H2,1-5H3,(H2,29,37). The van der Waals surface area contributed by atoms with Gasteiger partial charge in [0.1, 0.15) is 23.4 Å². The fraction of sp³-hybridized carbons (Fsp3) is 0.462. The van der Waals surface area contributed by atoms with Gasteiger partial charge >= 0.3 is 6.09 Å². The van der Waals surface area contributed by atoms with Crippen LogP contribution >= 0.6 is 0 Å². The fourth-order valence-corrected chi connectivity index (χ4v) is 4.23. The lowest BCUT2D eigenvalue weighted by Gasteiger charge is -2.47. The number of hydrogen-bond donors (Lipinski definition) is 1. The van der Waals surface area contributed by atoms with Crippen molar-refractivity contribution in [3.05, 3.63) is 53.3 Å². The van der Waals surface area contributed by atoms with Crippen LogP contribution in [0.1, 0.15) is 51.1 Å². The first-order valence-electron chi connectivity index (χ1n) is 12.6. The van der Waals surface area contributed by atoms with Crippen LogP contribution < -0.4 is 15.4 Å². The van der Waals surface area contributed by atoms with Crippen molar-refractivity contribution < 1.29 is 27.8 Å². The van der Waals surface area contributed by atoms with Crippen molar-refractivity contribution in [1.82, 2.24) is 30.1 Å². The topological polar surface area (TPSA) is 142 Å². The van der Waals surface area contributed by atoms with Crippen LogP contribution in [0.15, 0.2) is 36.4 Å². The molecule has 40 heavy (non-hydrogen) atoms. The molecule has 1 fully saturated rings. The molecule has 0 spiro atoms. The Balaban J connectivity index is 1.44.